The van der Waals surface area contributed by atoms with Gasteiger partial charge < -0.3 is 10.5 Å². The summed E-state index contributed by atoms with van der Waals surface area (Å²) >= 11 is 1.60. The first-order valence-electron chi connectivity index (χ1n) is 4.28. The van der Waals surface area contributed by atoms with E-state index in [1.165, 1.54) is 0 Å². The van der Waals surface area contributed by atoms with E-state index in [2.05, 4.69) is 4.98 Å². The molecule has 0 saturated carbocycles. The smallest absolute Gasteiger partial charge is 0.350 e. The number of anilines is 1. The van der Waals surface area contributed by atoms with Crippen LogP contribution in [0.2, 0.25) is 0 Å². The molecule has 0 radical (unpaired) electrons. The summed E-state index contributed by atoms with van der Waals surface area (Å²) in [4.78, 5) is 15.1. The summed E-state index contributed by atoms with van der Waals surface area (Å²) in [6.07, 6.45) is 1.66. The fourth-order valence-corrected chi connectivity index (χ4v) is 2.36. The van der Waals surface area contributed by atoms with Crippen LogP contribution in [0.3, 0.4) is 0 Å². The van der Waals surface area contributed by atoms with Gasteiger partial charge in [0.05, 0.1) is 6.61 Å². The lowest BCUT2D eigenvalue weighted by atomic mass is 10.5. The molecule has 0 aliphatic carbocycles. The molecule has 1 aliphatic rings. The van der Waals surface area contributed by atoms with Gasteiger partial charge in [0.2, 0.25) is 0 Å². The fraction of sp³-hybridized carbons (Fsp3) is 0.500. The van der Waals surface area contributed by atoms with Gasteiger partial charge in [0.25, 0.3) is 0 Å². The van der Waals surface area contributed by atoms with Crippen LogP contribution in [0.15, 0.2) is 17.1 Å². The molecule has 1 saturated heterocycles. The molecule has 6 heteroatoms. The Morgan fingerprint density at radius 3 is 3.14 bits per heavy atom. The van der Waals surface area contributed by atoms with Crippen LogP contribution in [0.5, 0.6) is 0 Å². The van der Waals surface area contributed by atoms with Crippen LogP contribution < -0.4 is 11.4 Å². The van der Waals surface area contributed by atoms with Gasteiger partial charge in [-0.3, -0.25) is 4.57 Å². The molecule has 2 atom stereocenters. The summed E-state index contributed by atoms with van der Waals surface area (Å²) in [6, 6.07) is 1.62. The fourth-order valence-electron chi connectivity index (χ4n) is 1.31. The molecular weight excluding hydrogens is 202 g/mol. The molecule has 1 aliphatic heterocycles. The van der Waals surface area contributed by atoms with Gasteiger partial charge in [-0.2, -0.15) is 4.98 Å². The van der Waals surface area contributed by atoms with Crippen molar-refractivity contribution in [1.82, 2.24) is 9.55 Å². The van der Waals surface area contributed by atoms with E-state index < -0.39 is 0 Å². The zero-order chi connectivity index (χ0) is 10.1. The van der Waals surface area contributed by atoms with E-state index in [4.69, 9.17) is 10.5 Å². The Labute approximate surface area is 85.3 Å². The predicted octanol–water partition coefficient (Wildman–Crippen LogP) is 0.434. The lowest BCUT2D eigenvalue weighted by Crippen LogP contribution is -2.26. The van der Waals surface area contributed by atoms with Gasteiger partial charge in [0, 0.05) is 6.20 Å². The number of thioether (sulfide) groups is 1. The van der Waals surface area contributed by atoms with Crippen molar-refractivity contribution in [2.45, 2.75) is 17.7 Å². The first-order chi connectivity index (χ1) is 6.66. The van der Waals surface area contributed by atoms with Gasteiger partial charge in [0.1, 0.15) is 16.6 Å². The maximum absolute atomic E-state index is 11.4. The Balaban J connectivity index is 2.29. The highest BCUT2D eigenvalue weighted by molar-refractivity contribution is 8.00. The zero-order valence-electron chi connectivity index (χ0n) is 7.71. The molecule has 14 heavy (non-hydrogen) atoms. The minimum absolute atomic E-state index is 0.0191. The van der Waals surface area contributed by atoms with E-state index >= 15 is 0 Å². The molecule has 2 N–H and O–H groups in total. The van der Waals surface area contributed by atoms with Gasteiger partial charge in [-0.1, -0.05) is 0 Å². The van der Waals surface area contributed by atoms with E-state index in [0.29, 0.717) is 6.61 Å². The van der Waals surface area contributed by atoms with Gasteiger partial charge >= 0.3 is 5.69 Å². The quantitative estimate of drug-likeness (QED) is 0.732. The minimum atomic E-state index is -0.319. The number of rotatable bonds is 1. The van der Waals surface area contributed by atoms with E-state index in [0.717, 1.165) is 0 Å². The van der Waals surface area contributed by atoms with Crippen molar-refractivity contribution in [2.75, 3.05) is 12.3 Å². The number of hydrogen-bond donors (Lipinski definition) is 1. The standard InChI is InChI=1S/C8H11N3O2S/c1-5-13-4-7(14-5)11-3-2-6(9)10-8(11)12/h2-3,5,7H,4H2,1H3,(H2,9,10,12). The van der Waals surface area contributed by atoms with Crippen molar-refractivity contribution < 1.29 is 4.74 Å². The summed E-state index contributed by atoms with van der Waals surface area (Å²) < 4.78 is 6.90. The lowest BCUT2D eigenvalue weighted by Gasteiger charge is -2.09. The number of aromatic nitrogens is 2. The van der Waals surface area contributed by atoms with Gasteiger partial charge in [-0.05, 0) is 13.0 Å². The zero-order valence-corrected chi connectivity index (χ0v) is 8.53. The highest BCUT2D eigenvalue weighted by Crippen LogP contribution is 2.33. The van der Waals surface area contributed by atoms with Crippen molar-refractivity contribution in [3.05, 3.63) is 22.7 Å². The van der Waals surface area contributed by atoms with E-state index in [-0.39, 0.29) is 22.3 Å². The SMILES string of the molecule is CC1OCC(n2ccc(N)nc2=O)S1. The average Bonchev–Trinajstić information content (AvgIpc) is 2.51. The predicted molar refractivity (Wildman–Crippen MR) is 55.0 cm³/mol. The van der Waals surface area contributed by atoms with Gasteiger partial charge in [0.15, 0.2) is 0 Å². The number of nitrogens with two attached hydrogens (primary N) is 1. The second-order valence-corrected chi connectivity index (χ2v) is 4.51. The summed E-state index contributed by atoms with van der Waals surface area (Å²) in [5.41, 5.74) is 5.20. The van der Waals surface area contributed by atoms with Gasteiger partial charge in [-0.25, -0.2) is 4.79 Å². The molecule has 1 aromatic rings. The second-order valence-electron chi connectivity index (χ2n) is 3.03. The molecule has 5 nitrogen and oxygen atoms in total. The molecule has 1 fully saturated rings. The topological polar surface area (TPSA) is 70.1 Å². The molecule has 2 rings (SSSR count). The number of hydrogen-bond acceptors (Lipinski definition) is 5. The number of ether oxygens (including phenoxy) is 1. The lowest BCUT2D eigenvalue weighted by molar-refractivity contribution is 0.136. The first-order valence-corrected chi connectivity index (χ1v) is 5.23. The summed E-state index contributed by atoms with van der Waals surface area (Å²) in [5, 5.41) is 0.0191. The second kappa shape index (κ2) is 3.62. The Morgan fingerprint density at radius 2 is 2.57 bits per heavy atom. The van der Waals surface area contributed by atoms with E-state index in [1.54, 1.807) is 28.6 Å². The molecule has 0 bridgehead atoms. The molecule has 2 heterocycles. The summed E-state index contributed by atoms with van der Waals surface area (Å²) in [7, 11) is 0. The first kappa shape index (κ1) is 9.54. The van der Waals surface area contributed by atoms with Crippen LogP contribution in [0.1, 0.15) is 12.3 Å². The Morgan fingerprint density at radius 1 is 1.79 bits per heavy atom. The van der Waals surface area contributed by atoms with E-state index in [1.807, 2.05) is 6.92 Å². The highest BCUT2D eigenvalue weighted by atomic mass is 32.2. The molecule has 76 valence electrons. The molecular formula is C8H11N3O2S. The monoisotopic (exact) mass is 213 g/mol. The molecule has 0 amide bonds. The Bertz CT molecular complexity index is 392. The minimum Gasteiger partial charge on any atom is -0.383 e. The summed E-state index contributed by atoms with van der Waals surface area (Å²) in [5.74, 6) is 0.253. The van der Waals surface area contributed by atoms with E-state index in [9.17, 15) is 4.79 Å². The van der Waals surface area contributed by atoms with Crippen LogP contribution in [0, 0.1) is 0 Å². The van der Waals surface area contributed by atoms with Crippen molar-refractivity contribution in [2.24, 2.45) is 0 Å². The number of nitrogens with zero attached hydrogens (tertiary/aromatic N) is 2. The van der Waals surface area contributed by atoms with Crippen molar-refractivity contribution in [3.63, 3.8) is 0 Å². The highest BCUT2D eigenvalue weighted by Gasteiger charge is 2.24. The van der Waals surface area contributed by atoms with Crippen LogP contribution in [0.25, 0.3) is 0 Å². The molecule has 0 spiro atoms. The third-order valence-corrected chi connectivity index (χ3v) is 3.18. The third kappa shape index (κ3) is 1.76. The Hall–Kier alpha value is -1.01. The maximum atomic E-state index is 11.4. The van der Waals surface area contributed by atoms with Crippen LogP contribution in [-0.2, 0) is 4.74 Å². The normalized spacial score (nSPS) is 26.6. The largest absolute Gasteiger partial charge is 0.383 e. The average molecular weight is 213 g/mol. The summed E-state index contributed by atoms with van der Waals surface area (Å²) in [6.45, 7) is 2.50. The van der Waals surface area contributed by atoms with Crippen molar-refractivity contribution in [3.8, 4) is 0 Å². The third-order valence-electron chi connectivity index (χ3n) is 1.98. The van der Waals surface area contributed by atoms with Crippen LogP contribution in [0.4, 0.5) is 5.82 Å². The molecule has 2 unspecified atom stereocenters. The molecule has 0 aromatic carbocycles. The van der Waals surface area contributed by atoms with Gasteiger partial charge in [-0.15, -0.1) is 11.8 Å². The maximum Gasteiger partial charge on any atom is 0.350 e. The molecule has 1 aromatic heterocycles. The van der Waals surface area contributed by atoms with Crippen molar-refractivity contribution >= 4 is 17.6 Å². The van der Waals surface area contributed by atoms with Crippen LogP contribution in [-0.4, -0.2) is 21.6 Å². The Kier molecular flexibility index (Phi) is 2.47. The van der Waals surface area contributed by atoms with Crippen LogP contribution >= 0.6 is 11.8 Å². The van der Waals surface area contributed by atoms with Crippen molar-refractivity contribution in [1.29, 1.82) is 0 Å². The number of nitrogen functional groups attached to an aromatic ring is 1.